The second-order valence-corrected chi connectivity index (χ2v) is 5.02. The highest BCUT2D eigenvalue weighted by atomic mass is 16.5. The molecule has 4 heteroatoms. The second kappa shape index (κ2) is 6.55. The van der Waals surface area contributed by atoms with Crippen molar-refractivity contribution in [1.82, 2.24) is 5.32 Å². The Balaban J connectivity index is 2.21. The van der Waals surface area contributed by atoms with Gasteiger partial charge in [0.15, 0.2) is 0 Å². The van der Waals surface area contributed by atoms with Crippen LogP contribution in [0.1, 0.15) is 33.1 Å². The molecule has 1 rings (SSSR count). The SMILES string of the molecule is COCCC(C)(O)CNC1CCOC(C)C1. The molecule has 0 amide bonds. The van der Waals surface area contributed by atoms with E-state index in [1.165, 1.54) is 0 Å². The minimum absolute atomic E-state index is 0.329. The van der Waals surface area contributed by atoms with Crippen LogP contribution in [-0.2, 0) is 9.47 Å². The molecule has 0 aliphatic carbocycles. The van der Waals surface area contributed by atoms with Crippen molar-refractivity contribution in [3.8, 4) is 0 Å². The molecule has 0 radical (unpaired) electrons. The van der Waals surface area contributed by atoms with Crippen molar-refractivity contribution in [3.63, 3.8) is 0 Å². The first-order valence-electron chi connectivity index (χ1n) is 6.10. The Morgan fingerprint density at radius 2 is 2.31 bits per heavy atom. The van der Waals surface area contributed by atoms with Crippen LogP contribution >= 0.6 is 0 Å². The van der Waals surface area contributed by atoms with E-state index in [-0.39, 0.29) is 0 Å². The Bertz CT molecular complexity index is 197. The summed E-state index contributed by atoms with van der Waals surface area (Å²) in [7, 11) is 1.66. The Hall–Kier alpha value is -0.160. The molecule has 1 aliphatic heterocycles. The van der Waals surface area contributed by atoms with E-state index >= 15 is 0 Å². The maximum Gasteiger partial charge on any atom is 0.0765 e. The minimum Gasteiger partial charge on any atom is -0.389 e. The van der Waals surface area contributed by atoms with Crippen molar-refractivity contribution in [2.24, 2.45) is 0 Å². The smallest absolute Gasteiger partial charge is 0.0765 e. The van der Waals surface area contributed by atoms with E-state index in [0.29, 0.717) is 31.7 Å². The molecule has 96 valence electrons. The molecule has 3 unspecified atom stereocenters. The van der Waals surface area contributed by atoms with Gasteiger partial charge in [0.05, 0.1) is 11.7 Å². The van der Waals surface area contributed by atoms with E-state index in [9.17, 15) is 5.11 Å². The van der Waals surface area contributed by atoms with Crippen LogP contribution in [-0.4, -0.2) is 49.7 Å². The highest BCUT2D eigenvalue weighted by molar-refractivity contribution is 4.81. The molecule has 0 aromatic heterocycles. The molecular weight excluding hydrogens is 206 g/mol. The zero-order chi connectivity index (χ0) is 12.0. The lowest BCUT2D eigenvalue weighted by Gasteiger charge is -2.31. The van der Waals surface area contributed by atoms with Gasteiger partial charge in [-0.3, -0.25) is 0 Å². The molecule has 0 bridgehead atoms. The van der Waals surface area contributed by atoms with Gasteiger partial charge in [-0.05, 0) is 26.7 Å². The Labute approximate surface area is 98.3 Å². The molecule has 0 aromatic rings. The fraction of sp³-hybridized carbons (Fsp3) is 1.00. The largest absolute Gasteiger partial charge is 0.389 e. The number of methoxy groups -OCH3 is 1. The number of ether oxygens (including phenoxy) is 2. The first kappa shape index (κ1) is 13.9. The standard InChI is InChI=1S/C12H25NO3/c1-10-8-11(4-6-16-10)13-9-12(2,14)5-7-15-3/h10-11,13-14H,4-9H2,1-3H3. The summed E-state index contributed by atoms with van der Waals surface area (Å²) < 4.78 is 10.5. The van der Waals surface area contributed by atoms with Crippen LogP contribution in [0.4, 0.5) is 0 Å². The van der Waals surface area contributed by atoms with Gasteiger partial charge in [0.25, 0.3) is 0 Å². The normalized spacial score (nSPS) is 30.0. The third-order valence-corrected chi connectivity index (χ3v) is 3.10. The van der Waals surface area contributed by atoms with Crippen molar-refractivity contribution in [3.05, 3.63) is 0 Å². The van der Waals surface area contributed by atoms with Gasteiger partial charge in [-0.2, -0.15) is 0 Å². The lowest BCUT2D eigenvalue weighted by atomic mass is 10.00. The summed E-state index contributed by atoms with van der Waals surface area (Å²) >= 11 is 0. The Kier molecular flexibility index (Phi) is 5.69. The number of aliphatic hydroxyl groups is 1. The van der Waals surface area contributed by atoms with Gasteiger partial charge in [-0.1, -0.05) is 0 Å². The van der Waals surface area contributed by atoms with Crippen molar-refractivity contribution >= 4 is 0 Å². The number of rotatable bonds is 6. The third-order valence-electron chi connectivity index (χ3n) is 3.10. The van der Waals surface area contributed by atoms with Crippen LogP contribution < -0.4 is 5.32 Å². The first-order valence-corrected chi connectivity index (χ1v) is 6.10. The molecule has 0 saturated carbocycles. The van der Waals surface area contributed by atoms with Gasteiger partial charge in [-0.25, -0.2) is 0 Å². The minimum atomic E-state index is -0.683. The molecule has 1 saturated heterocycles. The highest BCUT2D eigenvalue weighted by Crippen LogP contribution is 2.15. The summed E-state index contributed by atoms with van der Waals surface area (Å²) in [4.78, 5) is 0. The lowest BCUT2D eigenvalue weighted by molar-refractivity contribution is -0.00365. The Morgan fingerprint density at radius 3 is 2.94 bits per heavy atom. The average molecular weight is 231 g/mol. The zero-order valence-electron chi connectivity index (χ0n) is 10.7. The third kappa shape index (κ3) is 5.25. The molecule has 1 fully saturated rings. The van der Waals surface area contributed by atoms with Gasteiger partial charge in [-0.15, -0.1) is 0 Å². The van der Waals surface area contributed by atoms with Crippen LogP contribution in [0.25, 0.3) is 0 Å². The highest BCUT2D eigenvalue weighted by Gasteiger charge is 2.24. The summed E-state index contributed by atoms with van der Waals surface area (Å²) in [6, 6.07) is 0.470. The number of hydrogen-bond acceptors (Lipinski definition) is 4. The molecular formula is C12H25NO3. The van der Waals surface area contributed by atoms with Crippen LogP contribution in [0.2, 0.25) is 0 Å². The van der Waals surface area contributed by atoms with Gasteiger partial charge < -0.3 is 19.9 Å². The molecule has 0 spiro atoms. The van der Waals surface area contributed by atoms with Crippen LogP contribution in [0.5, 0.6) is 0 Å². The van der Waals surface area contributed by atoms with Crippen molar-refractivity contribution in [2.45, 2.75) is 50.9 Å². The van der Waals surface area contributed by atoms with E-state index in [1.54, 1.807) is 7.11 Å². The predicted molar refractivity (Wildman–Crippen MR) is 63.6 cm³/mol. The van der Waals surface area contributed by atoms with E-state index in [2.05, 4.69) is 12.2 Å². The average Bonchev–Trinajstić information content (AvgIpc) is 2.24. The number of nitrogens with one attached hydrogen (secondary N) is 1. The molecule has 2 N–H and O–H groups in total. The first-order chi connectivity index (χ1) is 7.53. The summed E-state index contributed by atoms with van der Waals surface area (Å²) in [5, 5.41) is 13.5. The van der Waals surface area contributed by atoms with E-state index in [1.807, 2.05) is 6.92 Å². The maximum absolute atomic E-state index is 10.1. The summed E-state index contributed by atoms with van der Waals surface area (Å²) in [6.07, 6.45) is 3.05. The van der Waals surface area contributed by atoms with Gasteiger partial charge >= 0.3 is 0 Å². The lowest BCUT2D eigenvalue weighted by Crippen LogP contribution is -2.46. The summed E-state index contributed by atoms with van der Waals surface area (Å²) in [5.74, 6) is 0. The van der Waals surface area contributed by atoms with E-state index in [4.69, 9.17) is 9.47 Å². The van der Waals surface area contributed by atoms with Crippen LogP contribution in [0, 0.1) is 0 Å². The van der Waals surface area contributed by atoms with E-state index in [0.717, 1.165) is 19.4 Å². The molecule has 1 heterocycles. The molecule has 16 heavy (non-hydrogen) atoms. The molecule has 3 atom stereocenters. The fourth-order valence-corrected chi connectivity index (χ4v) is 1.96. The van der Waals surface area contributed by atoms with Crippen LogP contribution in [0.15, 0.2) is 0 Å². The van der Waals surface area contributed by atoms with Crippen LogP contribution in [0.3, 0.4) is 0 Å². The fourth-order valence-electron chi connectivity index (χ4n) is 1.96. The van der Waals surface area contributed by atoms with Gasteiger partial charge in [0.1, 0.15) is 0 Å². The monoisotopic (exact) mass is 231 g/mol. The second-order valence-electron chi connectivity index (χ2n) is 5.02. The quantitative estimate of drug-likeness (QED) is 0.714. The number of hydrogen-bond donors (Lipinski definition) is 2. The summed E-state index contributed by atoms with van der Waals surface area (Å²) in [6.45, 7) is 5.98. The topological polar surface area (TPSA) is 50.7 Å². The molecule has 0 aromatic carbocycles. The maximum atomic E-state index is 10.1. The summed E-state index contributed by atoms with van der Waals surface area (Å²) in [5.41, 5.74) is -0.683. The predicted octanol–water partition coefficient (Wildman–Crippen LogP) is 0.931. The van der Waals surface area contributed by atoms with Crippen molar-refractivity contribution < 1.29 is 14.6 Å². The van der Waals surface area contributed by atoms with Crippen molar-refractivity contribution in [1.29, 1.82) is 0 Å². The van der Waals surface area contributed by atoms with E-state index < -0.39 is 5.60 Å². The Morgan fingerprint density at radius 1 is 1.56 bits per heavy atom. The van der Waals surface area contributed by atoms with Gasteiger partial charge in [0.2, 0.25) is 0 Å². The van der Waals surface area contributed by atoms with Gasteiger partial charge in [0, 0.05) is 39.3 Å². The molecule has 1 aliphatic rings. The molecule has 4 nitrogen and oxygen atoms in total. The zero-order valence-corrected chi connectivity index (χ0v) is 10.7. The van der Waals surface area contributed by atoms with Crippen molar-refractivity contribution in [2.75, 3.05) is 26.9 Å².